The Morgan fingerprint density at radius 1 is 1.57 bits per heavy atom. The van der Waals surface area contributed by atoms with Crippen LogP contribution in [0.5, 0.6) is 0 Å². The summed E-state index contributed by atoms with van der Waals surface area (Å²) < 4.78 is 12.6. The van der Waals surface area contributed by atoms with Crippen LogP contribution in [0.2, 0.25) is 0 Å². The monoisotopic (exact) mass is 196 g/mol. The molecule has 0 fully saturated rings. The van der Waals surface area contributed by atoms with E-state index in [1.165, 1.54) is 12.1 Å². The van der Waals surface area contributed by atoms with Crippen molar-refractivity contribution >= 4 is 0 Å². The van der Waals surface area contributed by atoms with Crippen LogP contribution in [0, 0.1) is 24.1 Å². The van der Waals surface area contributed by atoms with Crippen molar-refractivity contribution in [2.24, 2.45) is 0 Å². The number of aliphatic hydroxyl groups excluding tert-OH is 2. The molecular formula is C9H9FN2O2. The number of halogens is 1. The first kappa shape index (κ1) is 10.6. The quantitative estimate of drug-likeness (QED) is 0.673. The van der Waals surface area contributed by atoms with Gasteiger partial charge in [-0.05, 0) is 18.6 Å². The molecule has 1 aromatic rings. The second-order valence-electron chi connectivity index (χ2n) is 2.87. The average Bonchev–Trinajstić information content (AvgIpc) is 2.15. The molecule has 0 radical (unpaired) electrons. The van der Waals surface area contributed by atoms with E-state index in [2.05, 4.69) is 4.98 Å². The molecule has 2 unspecified atom stereocenters. The van der Waals surface area contributed by atoms with E-state index in [-0.39, 0.29) is 5.69 Å². The lowest BCUT2D eigenvalue weighted by Crippen LogP contribution is -2.18. The van der Waals surface area contributed by atoms with Gasteiger partial charge in [0, 0.05) is 0 Å². The van der Waals surface area contributed by atoms with Crippen LogP contribution in [-0.2, 0) is 0 Å². The van der Waals surface area contributed by atoms with Gasteiger partial charge in [0.05, 0.1) is 18.0 Å². The van der Waals surface area contributed by atoms with Gasteiger partial charge in [0.2, 0.25) is 0 Å². The number of aryl methyl sites for hydroxylation is 1. The maximum Gasteiger partial charge on any atom is 0.171 e. The number of aliphatic hydroxyl groups is 2. The number of nitrogens with zero attached hydrogens (tertiary/aromatic N) is 2. The van der Waals surface area contributed by atoms with Crippen molar-refractivity contribution in [3.63, 3.8) is 0 Å². The van der Waals surface area contributed by atoms with E-state index in [1.54, 1.807) is 6.92 Å². The molecule has 5 heteroatoms. The maximum absolute atomic E-state index is 12.6. The molecule has 74 valence electrons. The van der Waals surface area contributed by atoms with E-state index in [1.807, 2.05) is 0 Å². The van der Waals surface area contributed by atoms with Gasteiger partial charge >= 0.3 is 0 Å². The number of hydrogen-bond donors (Lipinski definition) is 2. The first-order chi connectivity index (χ1) is 6.56. The predicted molar refractivity (Wildman–Crippen MR) is 45.5 cm³/mol. The number of pyridine rings is 1. The molecule has 0 spiro atoms. The van der Waals surface area contributed by atoms with E-state index in [0.29, 0.717) is 5.56 Å². The Morgan fingerprint density at radius 2 is 2.21 bits per heavy atom. The summed E-state index contributed by atoms with van der Waals surface area (Å²) in [4.78, 5) is 3.61. The van der Waals surface area contributed by atoms with Crippen LogP contribution in [0.25, 0.3) is 0 Å². The van der Waals surface area contributed by atoms with Gasteiger partial charge in [-0.15, -0.1) is 0 Å². The minimum atomic E-state index is -1.55. The normalized spacial score (nSPS) is 14.5. The molecule has 1 aromatic heterocycles. The van der Waals surface area contributed by atoms with Crippen molar-refractivity contribution < 1.29 is 14.6 Å². The molecule has 0 bridgehead atoms. The Bertz CT molecular complexity index is 376. The fourth-order valence-corrected chi connectivity index (χ4v) is 1.08. The summed E-state index contributed by atoms with van der Waals surface area (Å²) in [5.74, 6) is -0.523. The van der Waals surface area contributed by atoms with E-state index in [4.69, 9.17) is 10.4 Å². The fraction of sp³-hybridized carbons (Fsp3) is 0.333. The Labute approximate surface area is 80.3 Å². The van der Waals surface area contributed by atoms with Crippen molar-refractivity contribution in [1.29, 1.82) is 5.26 Å². The predicted octanol–water partition coefficient (Wildman–Crippen LogP) is 0.447. The molecule has 2 N–H and O–H groups in total. The largest absolute Gasteiger partial charge is 0.383 e. The highest BCUT2D eigenvalue weighted by atomic mass is 19.1. The van der Waals surface area contributed by atoms with Gasteiger partial charge < -0.3 is 10.2 Å². The van der Waals surface area contributed by atoms with Gasteiger partial charge in [-0.25, -0.2) is 4.39 Å². The summed E-state index contributed by atoms with van der Waals surface area (Å²) in [6.07, 6.45) is -2.03. The highest BCUT2D eigenvalue weighted by Gasteiger charge is 2.20. The summed E-state index contributed by atoms with van der Waals surface area (Å²) in [5, 5.41) is 26.8. The third kappa shape index (κ3) is 2.05. The van der Waals surface area contributed by atoms with Crippen molar-refractivity contribution in [2.45, 2.75) is 19.1 Å². The summed E-state index contributed by atoms with van der Waals surface area (Å²) in [6, 6.07) is 2.65. The third-order valence-electron chi connectivity index (χ3n) is 1.80. The molecule has 0 aliphatic carbocycles. The molecule has 0 saturated heterocycles. The van der Waals surface area contributed by atoms with Gasteiger partial charge in [0.25, 0.3) is 0 Å². The number of aromatic nitrogens is 1. The van der Waals surface area contributed by atoms with E-state index in [9.17, 15) is 9.50 Å². The molecule has 1 rings (SSSR count). The second kappa shape index (κ2) is 4.13. The van der Waals surface area contributed by atoms with Crippen LogP contribution < -0.4 is 0 Å². The Kier molecular flexibility index (Phi) is 3.12. The van der Waals surface area contributed by atoms with Crippen molar-refractivity contribution in [3.05, 3.63) is 29.3 Å². The molecule has 0 aromatic carbocycles. The highest BCUT2D eigenvalue weighted by molar-refractivity contribution is 5.22. The zero-order valence-corrected chi connectivity index (χ0v) is 7.48. The van der Waals surface area contributed by atoms with Crippen molar-refractivity contribution in [3.8, 4) is 6.07 Å². The molecule has 0 amide bonds. The number of hydrogen-bond acceptors (Lipinski definition) is 4. The second-order valence-corrected chi connectivity index (χ2v) is 2.87. The first-order valence-corrected chi connectivity index (χ1v) is 3.94. The molecule has 4 nitrogen and oxygen atoms in total. The van der Waals surface area contributed by atoms with Crippen LogP contribution in [0.4, 0.5) is 4.39 Å². The lowest BCUT2D eigenvalue weighted by Gasteiger charge is -2.12. The van der Waals surface area contributed by atoms with E-state index in [0.717, 1.165) is 6.20 Å². The van der Waals surface area contributed by atoms with Gasteiger partial charge in [-0.2, -0.15) is 5.26 Å². The Balaban J connectivity index is 3.03. The molecule has 14 heavy (non-hydrogen) atoms. The van der Waals surface area contributed by atoms with Gasteiger partial charge in [-0.3, -0.25) is 4.98 Å². The van der Waals surface area contributed by atoms with Gasteiger partial charge in [-0.1, -0.05) is 0 Å². The third-order valence-corrected chi connectivity index (χ3v) is 1.80. The lowest BCUT2D eigenvalue weighted by atomic mass is 10.1. The minimum absolute atomic E-state index is 0.112. The highest BCUT2D eigenvalue weighted by Crippen LogP contribution is 2.18. The minimum Gasteiger partial charge on any atom is -0.383 e. The van der Waals surface area contributed by atoms with E-state index >= 15 is 0 Å². The SMILES string of the molecule is Cc1cc(F)cnc1C(O)C(O)C#N. The smallest absolute Gasteiger partial charge is 0.171 e. The average molecular weight is 196 g/mol. The zero-order chi connectivity index (χ0) is 10.7. The Morgan fingerprint density at radius 3 is 2.71 bits per heavy atom. The van der Waals surface area contributed by atoms with Crippen LogP contribution in [-0.4, -0.2) is 21.3 Å². The molecule has 0 saturated carbocycles. The molecule has 0 aliphatic rings. The van der Waals surface area contributed by atoms with E-state index < -0.39 is 18.0 Å². The van der Waals surface area contributed by atoms with Crippen LogP contribution in [0.1, 0.15) is 17.4 Å². The fourth-order valence-electron chi connectivity index (χ4n) is 1.08. The summed E-state index contributed by atoms with van der Waals surface area (Å²) in [7, 11) is 0. The summed E-state index contributed by atoms with van der Waals surface area (Å²) in [5.41, 5.74) is 0.507. The molecule has 1 heterocycles. The van der Waals surface area contributed by atoms with Crippen LogP contribution in [0.3, 0.4) is 0 Å². The lowest BCUT2D eigenvalue weighted by molar-refractivity contribution is 0.0493. The number of rotatable bonds is 2. The van der Waals surface area contributed by atoms with Crippen molar-refractivity contribution in [2.75, 3.05) is 0 Å². The maximum atomic E-state index is 12.6. The molecular weight excluding hydrogens is 187 g/mol. The zero-order valence-electron chi connectivity index (χ0n) is 7.48. The van der Waals surface area contributed by atoms with Crippen LogP contribution >= 0.6 is 0 Å². The molecule has 0 aliphatic heterocycles. The number of nitriles is 1. The van der Waals surface area contributed by atoms with Crippen molar-refractivity contribution in [1.82, 2.24) is 4.98 Å². The topological polar surface area (TPSA) is 77.1 Å². The molecule has 2 atom stereocenters. The first-order valence-electron chi connectivity index (χ1n) is 3.94. The summed E-state index contributed by atoms with van der Waals surface area (Å²) in [6.45, 7) is 1.54. The van der Waals surface area contributed by atoms with Crippen LogP contribution in [0.15, 0.2) is 12.3 Å². The summed E-state index contributed by atoms with van der Waals surface area (Å²) >= 11 is 0. The van der Waals surface area contributed by atoms with Gasteiger partial charge in [0.15, 0.2) is 6.10 Å². The standard InChI is InChI=1S/C9H9FN2O2/c1-5-2-6(10)4-12-8(5)9(14)7(13)3-11/h2,4,7,9,13-14H,1H3. The Hall–Kier alpha value is -1.51. The van der Waals surface area contributed by atoms with Gasteiger partial charge in [0.1, 0.15) is 11.9 Å².